The summed E-state index contributed by atoms with van der Waals surface area (Å²) >= 11 is 6.03. The van der Waals surface area contributed by atoms with Crippen molar-refractivity contribution in [2.24, 2.45) is 0 Å². The van der Waals surface area contributed by atoms with Crippen molar-refractivity contribution in [3.05, 3.63) is 67.2 Å². The molecule has 154 valence electrons. The van der Waals surface area contributed by atoms with Crippen LogP contribution < -0.4 is 4.31 Å². The summed E-state index contributed by atoms with van der Waals surface area (Å²) in [6.07, 6.45) is 0. The molecule has 0 spiro atoms. The van der Waals surface area contributed by atoms with Crippen LogP contribution in [-0.2, 0) is 19.6 Å². The Kier molecular flexibility index (Phi) is 6.39. The van der Waals surface area contributed by atoms with E-state index in [-0.39, 0.29) is 16.3 Å². The molecule has 0 atom stereocenters. The number of ether oxygens (including phenoxy) is 1. The molecule has 13 heteroatoms. The number of anilines is 1. The summed E-state index contributed by atoms with van der Waals surface area (Å²) in [7, 11) is -3.55. The lowest BCUT2D eigenvalue weighted by Gasteiger charge is -2.24. The van der Waals surface area contributed by atoms with Crippen LogP contribution in [0.3, 0.4) is 0 Å². The first kappa shape index (κ1) is 22.0. The number of sulfonamides is 1. The van der Waals surface area contributed by atoms with Gasteiger partial charge in [-0.1, -0.05) is 17.7 Å². The highest BCUT2D eigenvalue weighted by Gasteiger charge is 2.31. The van der Waals surface area contributed by atoms with Crippen molar-refractivity contribution in [2.45, 2.75) is 11.8 Å². The van der Waals surface area contributed by atoms with Crippen LogP contribution in [0.5, 0.6) is 0 Å². The molecule has 0 aliphatic heterocycles. The lowest BCUT2D eigenvalue weighted by Crippen LogP contribution is -2.36. The second-order valence-corrected chi connectivity index (χ2v) is 7.96. The van der Waals surface area contributed by atoms with E-state index in [2.05, 4.69) is 4.74 Å². The van der Waals surface area contributed by atoms with Crippen LogP contribution in [0.15, 0.2) is 41.3 Å². The first-order valence-corrected chi connectivity index (χ1v) is 9.59. The first-order chi connectivity index (χ1) is 13.5. The minimum atomic E-state index is -4.58. The van der Waals surface area contributed by atoms with Crippen molar-refractivity contribution in [1.82, 2.24) is 0 Å². The third kappa shape index (κ3) is 4.60. The van der Waals surface area contributed by atoms with Crippen molar-refractivity contribution in [2.75, 3.05) is 18.0 Å². The van der Waals surface area contributed by atoms with Gasteiger partial charge in [0.2, 0.25) is 0 Å². The Morgan fingerprint density at radius 3 is 2.34 bits per heavy atom. The number of halogens is 1. The molecular formula is C16H14ClN3O8S. The highest BCUT2D eigenvalue weighted by molar-refractivity contribution is 7.92. The fourth-order valence-corrected chi connectivity index (χ4v) is 4.07. The summed E-state index contributed by atoms with van der Waals surface area (Å²) < 4.78 is 31.3. The van der Waals surface area contributed by atoms with E-state index in [1.54, 1.807) is 0 Å². The predicted octanol–water partition coefficient (Wildman–Crippen LogP) is 2.83. The molecular weight excluding hydrogens is 430 g/mol. The van der Waals surface area contributed by atoms with Crippen LogP contribution in [0.4, 0.5) is 17.1 Å². The molecule has 0 N–H and O–H groups in total. The zero-order chi connectivity index (χ0) is 21.9. The van der Waals surface area contributed by atoms with Gasteiger partial charge in [0.1, 0.15) is 6.54 Å². The normalized spacial score (nSPS) is 11.0. The van der Waals surface area contributed by atoms with Gasteiger partial charge in [-0.2, -0.15) is 0 Å². The van der Waals surface area contributed by atoms with E-state index in [0.29, 0.717) is 4.31 Å². The largest absolute Gasteiger partial charge is 0.468 e. The molecule has 2 aromatic carbocycles. The number of non-ortho nitro benzene ring substituents is 1. The highest BCUT2D eigenvalue weighted by Crippen LogP contribution is 2.34. The number of nitro benzene ring substituents is 2. The summed E-state index contributed by atoms with van der Waals surface area (Å²) in [5.74, 6) is -0.974. The second-order valence-electron chi connectivity index (χ2n) is 5.69. The second kappa shape index (κ2) is 8.41. The molecule has 0 aromatic heterocycles. The molecule has 0 amide bonds. The Balaban J connectivity index is 2.72. The molecule has 0 saturated carbocycles. The number of nitro groups is 2. The Morgan fingerprint density at radius 1 is 1.14 bits per heavy atom. The summed E-state index contributed by atoms with van der Waals surface area (Å²) in [5, 5.41) is 22.0. The maximum atomic E-state index is 13.2. The highest BCUT2D eigenvalue weighted by atomic mass is 35.5. The number of nitrogens with zero attached hydrogens (tertiary/aromatic N) is 3. The van der Waals surface area contributed by atoms with Gasteiger partial charge in [-0.25, -0.2) is 8.42 Å². The minimum Gasteiger partial charge on any atom is -0.468 e. The van der Waals surface area contributed by atoms with Crippen LogP contribution >= 0.6 is 11.6 Å². The molecule has 0 bridgehead atoms. The third-order valence-corrected chi connectivity index (χ3v) is 5.95. The minimum absolute atomic E-state index is 0.190. The van der Waals surface area contributed by atoms with Crippen molar-refractivity contribution in [3.63, 3.8) is 0 Å². The Morgan fingerprint density at radius 2 is 1.79 bits per heavy atom. The van der Waals surface area contributed by atoms with E-state index in [9.17, 15) is 33.4 Å². The number of benzene rings is 2. The number of hydrogen-bond donors (Lipinski definition) is 0. The molecule has 0 aliphatic carbocycles. The molecule has 0 fully saturated rings. The van der Waals surface area contributed by atoms with Crippen LogP contribution in [0.25, 0.3) is 0 Å². The van der Waals surface area contributed by atoms with Gasteiger partial charge in [0, 0.05) is 23.8 Å². The van der Waals surface area contributed by atoms with Gasteiger partial charge in [0.15, 0.2) is 0 Å². The number of esters is 1. The van der Waals surface area contributed by atoms with E-state index in [1.165, 1.54) is 13.0 Å². The molecule has 0 unspecified atom stereocenters. The molecule has 0 aliphatic rings. The number of hydrogen-bond acceptors (Lipinski definition) is 8. The van der Waals surface area contributed by atoms with Gasteiger partial charge in [-0.15, -0.1) is 0 Å². The van der Waals surface area contributed by atoms with Gasteiger partial charge in [0.05, 0.1) is 32.6 Å². The van der Waals surface area contributed by atoms with Crippen molar-refractivity contribution < 1.29 is 27.8 Å². The molecule has 0 heterocycles. The zero-order valence-electron chi connectivity index (χ0n) is 15.1. The van der Waals surface area contributed by atoms with Crippen LogP contribution in [0.1, 0.15) is 5.56 Å². The van der Waals surface area contributed by atoms with Gasteiger partial charge in [0.25, 0.3) is 21.4 Å². The Bertz CT molecular complexity index is 1100. The van der Waals surface area contributed by atoms with Crippen LogP contribution in [0.2, 0.25) is 5.02 Å². The average Bonchev–Trinajstić information content (AvgIpc) is 2.66. The van der Waals surface area contributed by atoms with E-state index >= 15 is 0 Å². The standard InChI is InChI=1S/C16H14ClN3O8S/c1-10-3-5-12(8-14(10)20(24)25)29(26,27)18(9-16(21)28-2)15-7-11(19(22)23)4-6-13(15)17/h3-8H,9H2,1-2H3. The third-order valence-electron chi connectivity index (χ3n) is 3.87. The molecule has 29 heavy (non-hydrogen) atoms. The smallest absolute Gasteiger partial charge is 0.326 e. The molecule has 11 nitrogen and oxygen atoms in total. The maximum absolute atomic E-state index is 13.2. The lowest BCUT2D eigenvalue weighted by molar-refractivity contribution is -0.385. The summed E-state index contributed by atoms with van der Waals surface area (Å²) in [4.78, 5) is 32.0. The maximum Gasteiger partial charge on any atom is 0.326 e. The lowest BCUT2D eigenvalue weighted by atomic mass is 10.2. The quantitative estimate of drug-likeness (QED) is 0.360. The van der Waals surface area contributed by atoms with Crippen molar-refractivity contribution in [1.29, 1.82) is 0 Å². The average molecular weight is 444 g/mol. The van der Waals surface area contributed by atoms with Crippen LogP contribution in [-0.4, -0.2) is 37.9 Å². The fraction of sp³-hybridized carbons (Fsp3) is 0.188. The number of rotatable bonds is 7. The summed E-state index contributed by atoms with van der Waals surface area (Å²) in [5.41, 5.74) is -1.05. The Hall–Kier alpha value is -3.25. The van der Waals surface area contributed by atoms with Crippen molar-refractivity contribution in [3.8, 4) is 0 Å². The van der Waals surface area contributed by atoms with Gasteiger partial charge in [-0.05, 0) is 19.1 Å². The monoisotopic (exact) mass is 443 g/mol. The zero-order valence-corrected chi connectivity index (χ0v) is 16.6. The molecule has 0 radical (unpaired) electrons. The van der Waals surface area contributed by atoms with E-state index in [4.69, 9.17) is 11.6 Å². The fourth-order valence-electron chi connectivity index (χ4n) is 2.36. The predicted molar refractivity (Wildman–Crippen MR) is 102 cm³/mol. The van der Waals surface area contributed by atoms with E-state index < -0.39 is 48.7 Å². The molecule has 0 saturated heterocycles. The number of carbonyl (C=O) groups excluding carboxylic acids is 1. The SMILES string of the molecule is COC(=O)CN(c1cc([N+](=O)[O-])ccc1Cl)S(=O)(=O)c1ccc(C)c([N+](=O)[O-])c1. The van der Waals surface area contributed by atoms with Gasteiger partial charge >= 0.3 is 5.97 Å². The van der Waals surface area contributed by atoms with Gasteiger partial charge in [-0.3, -0.25) is 29.3 Å². The summed E-state index contributed by atoms with van der Waals surface area (Å²) in [6.45, 7) is 0.569. The van der Waals surface area contributed by atoms with Gasteiger partial charge < -0.3 is 4.74 Å². The molecule has 2 rings (SSSR count). The topological polar surface area (TPSA) is 150 Å². The number of aryl methyl sites for hydroxylation is 1. The van der Waals surface area contributed by atoms with E-state index in [1.807, 2.05) is 0 Å². The first-order valence-electron chi connectivity index (χ1n) is 7.77. The summed E-state index contributed by atoms with van der Waals surface area (Å²) in [6, 6.07) is 6.23. The van der Waals surface area contributed by atoms with Crippen molar-refractivity contribution >= 4 is 44.7 Å². The van der Waals surface area contributed by atoms with Crippen LogP contribution in [0, 0.1) is 27.2 Å². The number of methoxy groups -OCH3 is 1. The molecule has 2 aromatic rings. The Labute approximate surface area is 169 Å². The van der Waals surface area contributed by atoms with E-state index in [0.717, 1.165) is 37.4 Å². The number of carbonyl (C=O) groups is 1.